The number of aromatic hydroxyl groups is 1. The molecule has 11 heteroatoms. The highest BCUT2D eigenvalue weighted by molar-refractivity contribution is 5.79. The molecule has 0 spiro atoms. The van der Waals surface area contributed by atoms with E-state index in [0.717, 1.165) is 43.3 Å². The molecule has 2 aromatic heterocycles. The quantitative estimate of drug-likeness (QED) is 0.436. The van der Waals surface area contributed by atoms with Crippen molar-refractivity contribution in [1.29, 1.82) is 0 Å². The predicted octanol–water partition coefficient (Wildman–Crippen LogP) is 3.71. The number of hydrogen-bond acceptors (Lipinski definition) is 6. The van der Waals surface area contributed by atoms with Crippen molar-refractivity contribution in [2.75, 3.05) is 39.4 Å². The van der Waals surface area contributed by atoms with Crippen molar-refractivity contribution >= 4 is 11.7 Å². The van der Waals surface area contributed by atoms with Gasteiger partial charge in [-0.3, -0.25) is 14.8 Å². The number of amides is 1. The minimum Gasteiger partial charge on any atom is -0.505 e. The van der Waals surface area contributed by atoms with Gasteiger partial charge in [0.15, 0.2) is 17.4 Å². The average molecular weight is 565 g/mol. The molecule has 0 saturated carbocycles. The molecule has 41 heavy (non-hydrogen) atoms. The van der Waals surface area contributed by atoms with Crippen LogP contribution in [0.25, 0.3) is 17.3 Å². The van der Waals surface area contributed by atoms with Crippen LogP contribution in [-0.2, 0) is 35.3 Å². The molecule has 3 N–H and O–H groups in total. The van der Waals surface area contributed by atoms with Crippen molar-refractivity contribution in [3.63, 3.8) is 0 Å². The van der Waals surface area contributed by atoms with Crippen LogP contribution >= 0.6 is 0 Å². The van der Waals surface area contributed by atoms with Gasteiger partial charge in [-0.15, -0.1) is 0 Å². The lowest BCUT2D eigenvalue weighted by Gasteiger charge is -2.28. The summed E-state index contributed by atoms with van der Waals surface area (Å²) in [6.07, 6.45) is 3.11. The van der Waals surface area contributed by atoms with Crippen LogP contribution in [0.5, 0.6) is 5.75 Å². The van der Waals surface area contributed by atoms with Gasteiger partial charge in [0, 0.05) is 55.4 Å². The lowest BCUT2D eigenvalue weighted by Crippen LogP contribution is -2.42. The van der Waals surface area contributed by atoms with Crippen LogP contribution in [-0.4, -0.2) is 80.4 Å². The number of hydrogen-bond donors (Lipinski definition) is 3. The number of H-pyrrole nitrogens is 2. The van der Waals surface area contributed by atoms with Gasteiger partial charge in [-0.25, -0.2) is 13.8 Å². The molecule has 216 valence electrons. The number of aromatic nitrogens is 4. The van der Waals surface area contributed by atoms with Crippen LogP contribution in [0.15, 0.2) is 18.2 Å². The Balaban J connectivity index is 1.08. The molecule has 3 unspecified atom stereocenters. The van der Waals surface area contributed by atoms with Crippen molar-refractivity contribution in [3.8, 4) is 17.3 Å². The third-order valence-electron chi connectivity index (χ3n) is 9.41. The molecule has 3 aliphatic heterocycles. The minimum atomic E-state index is -0.720. The summed E-state index contributed by atoms with van der Waals surface area (Å²) in [5.41, 5.74) is 4.64. The number of allylic oxidation sites excluding steroid dienone is 1. The summed E-state index contributed by atoms with van der Waals surface area (Å²) in [5.74, 6) is -0.909. The van der Waals surface area contributed by atoms with Crippen LogP contribution in [0, 0.1) is 17.2 Å². The molecule has 5 heterocycles. The Kier molecular flexibility index (Phi) is 6.27. The van der Waals surface area contributed by atoms with Gasteiger partial charge in [0.25, 0.3) is 0 Å². The van der Waals surface area contributed by atoms with E-state index in [-0.39, 0.29) is 11.3 Å². The average Bonchev–Trinajstić information content (AvgIpc) is 3.70. The van der Waals surface area contributed by atoms with E-state index in [2.05, 4.69) is 27.0 Å². The Labute approximate surface area is 236 Å². The molecular formula is C30H34F2N6O3. The van der Waals surface area contributed by atoms with E-state index in [0.29, 0.717) is 73.2 Å². The molecule has 1 aliphatic carbocycles. The van der Waals surface area contributed by atoms with Crippen molar-refractivity contribution < 1.29 is 23.4 Å². The zero-order chi connectivity index (χ0) is 28.5. The number of ether oxygens (including phenoxy) is 1. The van der Waals surface area contributed by atoms with Crippen LogP contribution in [0.1, 0.15) is 53.5 Å². The van der Waals surface area contributed by atoms with E-state index in [1.54, 1.807) is 0 Å². The Bertz CT molecular complexity index is 1560. The first-order valence-electron chi connectivity index (χ1n) is 14.3. The maximum atomic E-state index is 15.6. The van der Waals surface area contributed by atoms with Gasteiger partial charge < -0.3 is 19.7 Å². The number of fused-ring (bicyclic) bond motifs is 3. The molecule has 3 atom stereocenters. The van der Waals surface area contributed by atoms with Gasteiger partial charge >= 0.3 is 0 Å². The molecule has 7 rings (SSSR count). The number of imidazole rings is 1. The Morgan fingerprint density at radius 1 is 1.29 bits per heavy atom. The van der Waals surface area contributed by atoms with Gasteiger partial charge in [0.05, 0.1) is 43.3 Å². The Morgan fingerprint density at radius 2 is 2.15 bits per heavy atom. The number of benzene rings is 1. The summed E-state index contributed by atoms with van der Waals surface area (Å²) in [6.45, 7) is 8.88. The minimum absolute atomic E-state index is 0.102. The number of nitrogens with one attached hydrogen (secondary N) is 2. The van der Waals surface area contributed by atoms with Crippen LogP contribution in [0.3, 0.4) is 0 Å². The summed E-state index contributed by atoms with van der Waals surface area (Å²) in [5, 5.41) is 17.2. The van der Waals surface area contributed by atoms with Gasteiger partial charge in [0.1, 0.15) is 11.5 Å². The predicted molar refractivity (Wildman–Crippen MR) is 147 cm³/mol. The van der Waals surface area contributed by atoms with Crippen molar-refractivity contribution in [3.05, 3.63) is 57.8 Å². The van der Waals surface area contributed by atoms with E-state index >= 15 is 4.39 Å². The van der Waals surface area contributed by atoms with Gasteiger partial charge in [-0.05, 0) is 35.8 Å². The molecule has 1 amide bonds. The van der Waals surface area contributed by atoms with E-state index in [1.165, 1.54) is 18.2 Å². The van der Waals surface area contributed by atoms with Gasteiger partial charge in [0.2, 0.25) is 5.91 Å². The third kappa shape index (κ3) is 4.46. The summed E-state index contributed by atoms with van der Waals surface area (Å²) in [4.78, 5) is 25.4. The second kappa shape index (κ2) is 9.77. The topological polar surface area (TPSA) is 110 Å². The first kappa shape index (κ1) is 26.3. The smallest absolute Gasteiger partial charge is 0.237 e. The van der Waals surface area contributed by atoms with Crippen molar-refractivity contribution in [1.82, 2.24) is 30.0 Å². The number of halogens is 2. The first-order chi connectivity index (χ1) is 19.7. The second-order valence-corrected chi connectivity index (χ2v) is 12.2. The van der Waals surface area contributed by atoms with Crippen LogP contribution in [0.4, 0.5) is 8.78 Å². The number of phenolic OH excluding ortho intramolecular Hbond substituents is 1. The van der Waals surface area contributed by atoms with Crippen molar-refractivity contribution in [2.45, 2.75) is 45.6 Å². The Hall–Kier alpha value is -3.57. The van der Waals surface area contributed by atoms with Crippen molar-refractivity contribution in [2.24, 2.45) is 11.3 Å². The largest absolute Gasteiger partial charge is 0.505 e. The molecule has 4 aliphatic rings. The fourth-order valence-electron chi connectivity index (χ4n) is 7.08. The first-order valence-corrected chi connectivity index (χ1v) is 14.3. The SMILES string of the molecule is CCc1cc(O)c(F)cc1C1C=C(F)c2c(-c3nc4c([nH]3)CN(C(=O)CN3CC5COCC5(C)C3)CC4)n[nH]c2C1. The maximum Gasteiger partial charge on any atom is 0.237 e. The number of likely N-dealkylation sites (tertiary alicyclic amines) is 1. The highest BCUT2D eigenvalue weighted by Gasteiger charge is 2.47. The van der Waals surface area contributed by atoms with E-state index < -0.39 is 23.3 Å². The summed E-state index contributed by atoms with van der Waals surface area (Å²) >= 11 is 0. The molecule has 0 bridgehead atoms. The molecule has 3 aromatic rings. The third-order valence-corrected chi connectivity index (χ3v) is 9.41. The fourth-order valence-corrected chi connectivity index (χ4v) is 7.08. The zero-order valence-electron chi connectivity index (χ0n) is 23.3. The number of aromatic amines is 2. The fraction of sp³-hybridized carbons (Fsp3) is 0.500. The van der Waals surface area contributed by atoms with Gasteiger partial charge in [-0.1, -0.05) is 13.8 Å². The zero-order valence-corrected chi connectivity index (χ0v) is 23.3. The maximum absolute atomic E-state index is 15.6. The summed E-state index contributed by atoms with van der Waals surface area (Å²) in [6, 6.07) is 2.71. The molecule has 0 radical (unpaired) electrons. The standard InChI is InChI=1S/C30H34F2N6O3/c1-3-16-8-25(39)20(31)9-19(16)17-6-21(32)27-23(7-17)35-36-28(27)29-33-22-4-5-38(11-24(22)34-29)26(40)12-37-10-18-13-41-15-30(18,2)14-37/h6,8-9,17-18,39H,3-5,7,10-15H2,1-2H3,(H,33,34)(H,35,36). The summed E-state index contributed by atoms with van der Waals surface area (Å²) in [7, 11) is 0. The van der Waals surface area contributed by atoms with Crippen LogP contribution in [0.2, 0.25) is 0 Å². The highest BCUT2D eigenvalue weighted by Crippen LogP contribution is 2.42. The normalized spacial score (nSPS) is 25.7. The molecule has 2 fully saturated rings. The number of carbonyl (C=O) groups is 1. The van der Waals surface area contributed by atoms with Gasteiger partial charge in [-0.2, -0.15) is 5.10 Å². The Morgan fingerprint density at radius 3 is 2.95 bits per heavy atom. The number of nitrogens with zero attached hydrogens (tertiary/aromatic N) is 4. The summed E-state index contributed by atoms with van der Waals surface area (Å²) < 4.78 is 35.5. The van der Waals surface area contributed by atoms with E-state index in [4.69, 9.17) is 9.72 Å². The molecule has 2 saturated heterocycles. The van der Waals surface area contributed by atoms with E-state index in [1.807, 2.05) is 11.8 Å². The lowest BCUT2D eigenvalue weighted by atomic mass is 9.83. The number of rotatable bonds is 5. The molecule has 1 aromatic carbocycles. The number of carbonyl (C=O) groups excluding carboxylic acids is 1. The second-order valence-electron chi connectivity index (χ2n) is 12.2. The lowest BCUT2D eigenvalue weighted by molar-refractivity contribution is -0.133. The highest BCUT2D eigenvalue weighted by atomic mass is 19.1. The number of aryl methyl sites for hydroxylation is 1. The van der Waals surface area contributed by atoms with E-state index in [9.17, 15) is 14.3 Å². The molecular weight excluding hydrogens is 530 g/mol. The number of phenols is 1. The molecule has 9 nitrogen and oxygen atoms in total. The van der Waals surface area contributed by atoms with Crippen LogP contribution < -0.4 is 0 Å². The monoisotopic (exact) mass is 564 g/mol.